The van der Waals surface area contributed by atoms with E-state index in [1.165, 1.54) is 30.5 Å². The number of rotatable bonds is 2. The van der Waals surface area contributed by atoms with E-state index in [0.29, 0.717) is 0 Å². The lowest BCUT2D eigenvalue weighted by Crippen LogP contribution is -2.31. The highest BCUT2D eigenvalue weighted by Crippen LogP contribution is 2.41. The molecule has 0 aromatic heterocycles. The fourth-order valence-corrected chi connectivity index (χ4v) is 3.04. The summed E-state index contributed by atoms with van der Waals surface area (Å²) in [5.74, 6) is 2.00. The van der Waals surface area contributed by atoms with E-state index in [9.17, 15) is 0 Å². The molecule has 2 heterocycles. The van der Waals surface area contributed by atoms with Gasteiger partial charge >= 0.3 is 0 Å². The number of aryl methyl sites for hydroxylation is 1. The summed E-state index contributed by atoms with van der Waals surface area (Å²) in [6, 6.07) is 4.30. The van der Waals surface area contributed by atoms with Gasteiger partial charge in [0.15, 0.2) is 11.5 Å². The van der Waals surface area contributed by atoms with Gasteiger partial charge in [-0.25, -0.2) is 0 Å². The molecule has 1 N–H and O–H groups in total. The van der Waals surface area contributed by atoms with E-state index in [2.05, 4.69) is 24.4 Å². The van der Waals surface area contributed by atoms with Gasteiger partial charge in [-0.3, -0.25) is 0 Å². The molecule has 19 heavy (non-hydrogen) atoms. The molecule has 3 nitrogen and oxygen atoms in total. The van der Waals surface area contributed by atoms with Crippen molar-refractivity contribution in [2.45, 2.75) is 45.8 Å². The van der Waals surface area contributed by atoms with Crippen LogP contribution in [0.5, 0.6) is 11.5 Å². The van der Waals surface area contributed by atoms with Gasteiger partial charge in [-0.15, -0.1) is 0 Å². The topological polar surface area (TPSA) is 30.5 Å². The van der Waals surface area contributed by atoms with Crippen molar-refractivity contribution < 1.29 is 9.47 Å². The first-order valence-corrected chi connectivity index (χ1v) is 7.26. The quantitative estimate of drug-likeness (QED) is 0.887. The second-order valence-corrected chi connectivity index (χ2v) is 6.25. The molecule has 0 spiro atoms. The molecular weight excluding hydrogens is 238 g/mol. The monoisotopic (exact) mass is 261 g/mol. The molecule has 1 saturated heterocycles. The SMILES string of the molecule is Cc1cc2c(cc1CC1CCCNC1)OC(C)(C)O2. The summed E-state index contributed by atoms with van der Waals surface area (Å²) in [5, 5.41) is 3.48. The Labute approximate surface area is 115 Å². The van der Waals surface area contributed by atoms with Gasteiger partial charge < -0.3 is 14.8 Å². The third kappa shape index (κ3) is 2.71. The van der Waals surface area contributed by atoms with Gasteiger partial charge in [-0.1, -0.05) is 0 Å². The Bertz CT molecular complexity index is 476. The van der Waals surface area contributed by atoms with Crippen LogP contribution in [0.2, 0.25) is 0 Å². The second-order valence-electron chi connectivity index (χ2n) is 6.25. The molecule has 2 aliphatic heterocycles. The Balaban J connectivity index is 1.79. The highest BCUT2D eigenvalue weighted by atomic mass is 16.7. The third-order valence-electron chi connectivity index (χ3n) is 4.02. The molecule has 1 fully saturated rings. The Morgan fingerprint density at radius 2 is 2.00 bits per heavy atom. The average Bonchev–Trinajstić information content (AvgIpc) is 2.64. The molecule has 1 aromatic rings. The first kappa shape index (κ1) is 12.8. The highest BCUT2D eigenvalue weighted by molar-refractivity contribution is 5.49. The Kier molecular flexibility index (Phi) is 3.17. The van der Waals surface area contributed by atoms with Crippen molar-refractivity contribution >= 4 is 0 Å². The maximum atomic E-state index is 5.84. The second kappa shape index (κ2) is 4.71. The molecule has 1 unspecified atom stereocenters. The van der Waals surface area contributed by atoms with E-state index < -0.39 is 5.79 Å². The van der Waals surface area contributed by atoms with Crippen molar-refractivity contribution in [3.8, 4) is 11.5 Å². The third-order valence-corrected chi connectivity index (χ3v) is 4.02. The molecule has 0 saturated carbocycles. The zero-order valence-electron chi connectivity index (χ0n) is 12.1. The van der Waals surface area contributed by atoms with Crippen LogP contribution in [0.1, 0.15) is 37.8 Å². The summed E-state index contributed by atoms with van der Waals surface area (Å²) < 4.78 is 11.6. The number of piperidine rings is 1. The summed E-state index contributed by atoms with van der Waals surface area (Å²) >= 11 is 0. The standard InChI is InChI=1S/C16H23NO2/c1-11-7-14-15(19-16(2,3)18-14)9-13(11)8-12-5-4-6-17-10-12/h7,9,12,17H,4-6,8,10H2,1-3H3. The first-order valence-electron chi connectivity index (χ1n) is 7.26. The van der Waals surface area contributed by atoms with Gasteiger partial charge in [-0.2, -0.15) is 0 Å². The molecule has 1 atom stereocenters. The summed E-state index contributed by atoms with van der Waals surface area (Å²) in [6.45, 7) is 8.38. The van der Waals surface area contributed by atoms with Gasteiger partial charge in [0.25, 0.3) is 0 Å². The van der Waals surface area contributed by atoms with Gasteiger partial charge in [0.2, 0.25) is 5.79 Å². The fourth-order valence-electron chi connectivity index (χ4n) is 3.04. The van der Waals surface area contributed by atoms with Crippen LogP contribution in [0, 0.1) is 12.8 Å². The van der Waals surface area contributed by atoms with E-state index in [0.717, 1.165) is 30.4 Å². The summed E-state index contributed by atoms with van der Waals surface area (Å²) in [5.41, 5.74) is 2.71. The molecule has 0 aliphatic carbocycles. The molecule has 104 valence electrons. The van der Waals surface area contributed by atoms with Crippen molar-refractivity contribution in [2.24, 2.45) is 5.92 Å². The minimum atomic E-state index is -0.528. The van der Waals surface area contributed by atoms with Gasteiger partial charge in [0.05, 0.1) is 0 Å². The van der Waals surface area contributed by atoms with Gasteiger partial charge in [-0.05, 0) is 68.5 Å². The zero-order valence-corrected chi connectivity index (χ0v) is 12.1. The number of fused-ring (bicyclic) bond motifs is 1. The van der Waals surface area contributed by atoms with Gasteiger partial charge in [0, 0.05) is 13.8 Å². The van der Waals surface area contributed by atoms with E-state index in [-0.39, 0.29) is 0 Å². The largest absolute Gasteiger partial charge is 0.449 e. The smallest absolute Gasteiger partial charge is 0.246 e. The maximum absolute atomic E-state index is 5.84. The Hall–Kier alpha value is -1.22. The minimum absolute atomic E-state index is 0.528. The number of nitrogens with one attached hydrogen (secondary N) is 1. The average molecular weight is 261 g/mol. The number of benzene rings is 1. The molecule has 3 heteroatoms. The van der Waals surface area contributed by atoms with Crippen molar-refractivity contribution in [1.82, 2.24) is 5.32 Å². The highest BCUT2D eigenvalue weighted by Gasteiger charge is 2.32. The predicted octanol–water partition coefficient (Wildman–Crippen LogP) is 3.04. The number of hydrogen-bond donors (Lipinski definition) is 1. The van der Waals surface area contributed by atoms with Crippen molar-refractivity contribution in [3.05, 3.63) is 23.3 Å². The van der Waals surface area contributed by atoms with Gasteiger partial charge in [0.1, 0.15) is 0 Å². The zero-order chi connectivity index (χ0) is 13.5. The normalized spacial score (nSPS) is 24.5. The molecule has 2 aliphatic rings. The van der Waals surface area contributed by atoms with Crippen LogP contribution in [0.3, 0.4) is 0 Å². The minimum Gasteiger partial charge on any atom is -0.449 e. The van der Waals surface area contributed by atoms with E-state index >= 15 is 0 Å². The lowest BCUT2D eigenvalue weighted by atomic mass is 9.90. The van der Waals surface area contributed by atoms with Crippen molar-refractivity contribution in [3.63, 3.8) is 0 Å². The number of ether oxygens (including phenoxy) is 2. The van der Waals surface area contributed by atoms with E-state index in [1.807, 2.05) is 13.8 Å². The maximum Gasteiger partial charge on any atom is 0.246 e. The van der Waals surface area contributed by atoms with Crippen LogP contribution in [-0.4, -0.2) is 18.9 Å². The van der Waals surface area contributed by atoms with Crippen LogP contribution in [0.15, 0.2) is 12.1 Å². The molecule has 0 radical (unpaired) electrons. The molecule has 0 bridgehead atoms. The molecule has 0 amide bonds. The lowest BCUT2D eigenvalue weighted by Gasteiger charge is -2.23. The molecule has 1 aromatic carbocycles. The fraction of sp³-hybridized carbons (Fsp3) is 0.625. The van der Waals surface area contributed by atoms with E-state index in [1.54, 1.807) is 0 Å². The molecule has 3 rings (SSSR count). The predicted molar refractivity (Wildman–Crippen MR) is 75.8 cm³/mol. The first-order chi connectivity index (χ1) is 9.03. The van der Waals surface area contributed by atoms with Crippen LogP contribution in [-0.2, 0) is 6.42 Å². The summed E-state index contributed by atoms with van der Waals surface area (Å²) in [4.78, 5) is 0. The van der Waals surface area contributed by atoms with Crippen LogP contribution in [0.4, 0.5) is 0 Å². The molecular formula is C16H23NO2. The Morgan fingerprint density at radius 3 is 2.68 bits per heavy atom. The van der Waals surface area contributed by atoms with E-state index in [4.69, 9.17) is 9.47 Å². The Morgan fingerprint density at radius 1 is 1.26 bits per heavy atom. The van der Waals surface area contributed by atoms with Crippen LogP contribution in [0.25, 0.3) is 0 Å². The van der Waals surface area contributed by atoms with Crippen LogP contribution >= 0.6 is 0 Å². The lowest BCUT2D eigenvalue weighted by molar-refractivity contribution is -0.0431. The van der Waals surface area contributed by atoms with Crippen LogP contribution < -0.4 is 14.8 Å². The van der Waals surface area contributed by atoms with Crippen molar-refractivity contribution in [2.75, 3.05) is 13.1 Å². The summed E-state index contributed by atoms with van der Waals surface area (Å²) in [6.07, 6.45) is 3.75. The number of hydrogen-bond acceptors (Lipinski definition) is 3. The summed E-state index contributed by atoms with van der Waals surface area (Å²) in [7, 11) is 0. The van der Waals surface area contributed by atoms with Crippen molar-refractivity contribution in [1.29, 1.82) is 0 Å².